The molecule has 0 aromatic carbocycles. The molecule has 1 fully saturated rings. The second-order valence-corrected chi connectivity index (χ2v) is 8.00. The smallest absolute Gasteiger partial charge is 0.214 e. The fourth-order valence-corrected chi connectivity index (χ4v) is 3.91. The molecular formula is C11H19N3O3S2. The Morgan fingerprint density at radius 1 is 1.53 bits per heavy atom. The topological polar surface area (TPSA) is 73.7 Å². The highest BCUT2D eigenvalue weighted by molar-refractivity contribution is 7.89. The highest BCUT2D eigenvalue weighted by Crippen LogP contribution is 2.21. The van der Waals surface area contributed by atoms with Gasteiger partial charge < -0.3 is 5.11 Å². The predicted molar refractivity (Wildman–Crippen MR) is 74.4 cm³/mol. The average molecular weight is 305 g/mol. The van der Waals surface area contributed by atoms with E-state index in [0.717, 1.165) is 5.56 Å². The summed E-state index contributed by atoms with van der Waals surface area (Å²) in [6.07, 6.45) is 1.22. The van der Waals surface area contributed by atoms with Crippen LogP contribution in [0, 0.1) is 5.92 Å². The lowest BCUT2D eigenvalue weighted by molar-refractivity contribution is 0.148. The van der Waals surface area contributed by atoms with Gasteiger partial charge in [-0.2, -0.15) is 0 Å². The van der Waals surface area contributed by atoms with E-state index in [1.165, 1.54) is 29.9 Å². The van der Waals surface area contributed by atoms with Crippen molar-refractivity contribution in [1.29, 1.82) is 0 Å². The fraction of sp³-hybridized carbons (Fsp3) is 0.727. The molecule has 0 unspecified atom stereocenters. The van der Waals surface area contributed by atoms with Crippen LogP contribution < -0.4 is 0 Å². The molecule has 1 aliphatic rings. The first-order chi connectivity index (χ1) is 8.88. The van der Waals surface area contributed by atoms with Gasteiger partial charge in [-0.15, -0.1) is 0 Å². The number of aliphatic hydroxyl groups excluding tert-OH is 1. The maximum Gasteiger partial charge on any atom is 0.214 e. The maximum absolute atomic E-state index is 11.8. The zero-order valence-electron chi connectivity index (χ0n) is 11.1. The van der Waals surface area contributed by atoms with Crippen molar-refractivity contribution in [2.45, 2.75) is 12.6 Å². The fourth-order valence-electron chi connectivity index (χ4n) is 2.22. The van der Waals surface area contributed by atoms with Crippen LogP contribution in [0.5, 0.6) is 0 Å². The van der Waals surface area contributed by atoms with E-state index in [1.807, 2.05) is 5.38 Å². The second-order valence-electron chi connectivity index (χ2n) is 5.12. The molecule has 0 radical (unpaired) electrons. The average Bonchev–Trinajstić information content (AvgIpc) is 2.90. The lowest BCUT2D eigenvalue weighted by atomic mass is 10.1. The Morgan fingerprint density at radius 3 is 2.84 bits per heavy atom. The van der Waals surface area contributed by atoms with Crippen LogP contribution in [-0.4, -0.2) is 66.1 Å². The molecule has 1 N–H and O–H groups in total. The van der Waals surface area contributed by atoms with Crippen LogP contribution in [0.4, 0.5) is 0 Å². The molecule has 2 rings (SSSR count). The van der Waals surface area contributed by atoms with Gasteiger partial charge in [-0.05, 0) is 17.1 Å². The van der Waals surface area contributed by atoms with Gasteiger partial charge in [-0.1, -0.05) is 0 Å². The van der Waals surface area contributed by atoms with Gasteiger partial charge in [-0.25, -0.2) is 17.1 Å². The third-order valence-corrected chi connectivity index (χ3v) is 5.95. The molecule has 0 amide bonds. The van der Waals surface area contributed by atoms with Crippen LogP contribution in [0.1, 0.15) is 5.56 Å². The lowest BCUT2D eigenvalue weighted by Crippen LogP contribution is -2.33. The van der Waals surface area contributed by atoms with Crippen LogP contribution in [0.3, 0.4) is 0 Å². The number of β-amino-alcohol motifs (C(OH)–C–C–N with tert-alkyl or cyclic N) is 1. The number of hydrogen-bond donors (Lipinski definition) is 1. The van der Waals surface area contributed by atoms with Crippen molar-refractivity contribution in [2.75, 3.05) is 32.9 Å². The highest BCUT2D eigenvalue weighted by Gasteiger charge is 2.35. The van der Waals surface area contributed by atoms with Gasteiger partial charge in [0.2, 0.25) is 10.0 Å². The molecule has 19 heavy (non-hydrogen) atoms. The van der Waals surface area contributed by atoms with Crippen molar-refractivity contribution in [1.82, 2.24) is 13.6 Å². The van der Waals surface area contributed by atoms with E-state index in [2.05, 4.69) is 9.27 Å². The summed E-state index contributed by atoms with van der Waals surface area (Å²) in [4.78, 5) is 2.07. The first-order valence-electron chi connectivity index (χ1n) is 6.07. The SMILES string of the molecule is CN(C)S(=O)(=O)C[C@@H]1CN(Cc2cnsc2)C[C@@H]1O. The second kappa shape index (κ2) is 5.84. The lowest BCUT2D eigenvalue weighted by Gasteiger charge is -2.17. The van der Waals surface area contributed by atoms with Crippen LogP contribution in [-0.2, 0) is 16.6 Å². The molecule has 0 spiro atoms. The summed E-state index contributed by atoms with van der Waals surface area (Å²) in [7, 11) is -0.225. The summed E-state index contributed by atoms with van der Waals surface area (Å²) in [5, 5.41) is 12.0. The van der Waals surface area contributed by atoms with Gasteiger partial charge in [0.25, 0.3) is 0 Å². The van der Waals surface area contributed by atoms with Crippen molar-refractivity contribution in [3.8, 4) is 0 Å². The Hall–Kier alpha value is -0.540. The van der Waals surface area contributed by atoms with Gasteiger partial charge in [0, 0.05) is 51.2 Å². The molecule has 0 saturated carbocycles. The molecule has 0 bridgehead atoms. The minimum absolute atomic E-state index is 0.000443. The van der Waals surface area contributed by atoms with E-state index in [1.54, 1.807) is 6.20 Å². The number of aromatic nitrogens is 1. The monoisotopic (exact) mass is 305 g/mol. The van der Waals surface area contributed by atoms with E-state index >= 15 is 0 Å². The maximum atomic E-state index is 11.8. The normalized spacial score (nSPS) is 25.3. The molecule has 6 nitrogen and oxygen atoms in total. The summed E-state index contributed by atoms with van der Waals surface area (Å²) < 4.78 is 28.9. The van der Waals surface area contributed by atoms with Gasteiger partial charge in [0.1, 0.15) is 0 Å². The summed E-state index contributed by atoms with van der Waals surface area (Å²) in [6, 6.07) is 0. The molecule has 2 heterocycles. The number of rotatable bonds is 5. The standard InChI is InChI=1S/C11H19N3O3S2/c1-13(2)19(16,17)8-10-5-14(6-11(10)15)4-9-3-12-18-7-9/h3,7,10-11,15H,4-6,8H2,1-2H3/t10-,11-/m0/s1. The Labute approximate surface area is 117 Å². The third kappa shape index (κ3) is 3.73. The zero-order chi connectivity index (χ0) is 14.0. The number of sulfonamides is 1. The molecule has 8 heteroatoms. The summed E-state index contributed by atoms with van der Waals surface area (Å²) >= 11 is 1.40. The van der Waals surface area contributed by atoms with Crippen LogP contribution >= 0.6 is 11.5 Å². The molecule has 1 aliphatic heterocycles. The molecular weight excluding hydrogens is 286 g/mol. The zero-order valence-corrected chi connectivity index (χ0v) is 12.7. The van der Waals surface area contributed by atoms with Gasteiger partial charge in [0.05, 0.1) is 11.9 Å². The van der Waals surface area contributed by atoms with E-state index in [0.29, 0.717) is 19.6 Å². The van der Waals surface area contributed by atoms with Crippen LogP contribution in [0.2, 0.25) is 0 Å². The highest BCUT2D eigenvalue weighted by atomic mass is 32.2. The first kappa shape index (κ1) is 14.9. The van der Waals surface area contributed by atoms with E-state index in [-0.39, 0.29) is 11.7 Å². The molecule has 2 atom stereocenters. The third-order valence-electron chi connectivity index (χ3n) is 3.35. The number of likely N-dealkylation sites (tertiary alicyclic amines) is 1. The Kier molecular flexibility index (Phi) is 4.57. The van der Waals surface area contributed by atoms with Crippen molar-refractivity contribution < 1.29 is 13.5 Å². The largest absolute Gasteiger partial charge is 0.391 e. The number of aliphatic hydroxyl groups is 1. The van der Waals surface area contributed by atoms with E-state index in [4.69, 9.17) is 0 Å². The van der Waals surface area contributed by atoms with Gasteiger partial charge >= 0.3 is 0 Å². The van der Waals surface area contributed by atoms with Crippen molar-refractivity contribution in [3.05, 3.63) is 17.1 Å². The Balaban J connectivity index is 1.94. The minimum atomic E-state index is -3.26. The van der Waals surface area contributed by atoms with Crippen LogP contribution in [0.15, 0.2) is 11.6 Å². The molecule has 1 saturated heterocycles. The first-order valence-corrected chi connectivity index (χ1v) is 8.52. The van der Waals surface area contributed by atoms with Gasteiger partial charge in [-0.3, -0.25) is 4.90 Å². The molecule has 108 valence electrons. The minimum Gasteiger partial charge on any atom is -0.391 e. The summed E-state index contributed by atoms with van der Waals surface area (Å²) in [5.41, 5.74) is 1.10. The molecule has 1 aromatic rings. The van der Waals surface area contributed by atoms with E-state index < -0.39 is 16.1 Å². The van der Waals surface area contributed by atoms with Crippen LogP contribution in [0.25, 0.3) is 0 Å². The summed E-state index contributed by atoms with van der Waals surface area (Å²) in [5.74, 6) is -0.224. The Morgan fingerprint density at radius 2 is 2.26 bits per heavy atom. The van der Waals surface area contributed by atoms with Gasteiger partial charge in [0.15, 0.2) is 0 Å². The molecule has 1 aromatic heterocycles. The quantitative estimate of drug-likeness (QED) is 0.817. The summed E-state index contributed by atoms with van der Waals surface area (Å²) in [6.45, 7) is 1.83. The predicted octanol–water partition coefficient (Wildman–Crippen LogP) is -0.173. The van der Waals surface area contributed by atoms with Crippen molar-refractivity contribution in [3.63, 3.8) is 0 Å². The van der Waals surface area contributed by atoms with Crippen molar-refractivity contribution >= 4 is 21.6 Å². The van der Waals surface area contributed by atoms with Crippen molar-refractivity contribution in [2.24, 2.45) is 5.92 Å². The molecule has 0 aliphatic carbocycles. The number of nitrogens with zero attached hydrogens (tertiary/aromatic N) is 3. The Bertz CT molecular complexity index is 501. The number of hydrogen-bond acceptors (Lipinski definition) is 6. The van der Waals surface area contributed by atoms with E-state index in [9.17, 15) is 13.5 Å².